The molecule has 1 fully saturated rings. The molecular weight excluding hydrogens is 340 g/mol. The van der Waals surface area contributed by atoms with Crippen molar-refractivity contribution in [3.63, 3.8) is 0 Å². The molecule has 0 aliphatic carbocycles. The van der Waals surface area contributed by atoms with Crippen LogP contribution in [0.5, 0.6) is 0 Å². The molecule has 1 aliphatic heterocycles. The first-order chi connectivity index (χ1) is 11.6. The van der Waals surface area contributed by atoms with Crippen LogP contribution >= 0.6 is 23.6 Å². The second-order valence-corrected chi connectivity index (χ2v) is 8.01. The summed E-state index contributed by atoms with van der Waals surface area (Å²) in [6.45, 7) is 3.57. The van der Waals surface area contributed by atoms with Gasteiger partial charge >= 0.3 is 0 Å². The summed E-state index contributed by atoms with van der Waals surface area (Å²) in [5.74, 6) is 0.544. The summed E-state index contributed by atoms with van der Waals surface area (Å²) in [7, 11) is 0. The number of carbonyl (C=O) groups excluding carboxylic acids is 1. The summed E-state index contributed by atoms with van der Waals surface area (Å²) in [6.07, 6.45) is 2.35. The molecule has 0 radical (unpaired) electrons. The number of hydrogen-bond donors (Lipinski definition) is 2. The van der Waals surface area contributed by atoms with E-state index in [-0.39, 0.29) is 11.9 Å². The van der Waals surface area contributed by atoms with Crippen LogP contribution in [0.4, 0.5) is 0 Å². The van der Waals surface area contributed by atoms with E-state index in [1.807, 2.05) is 25.1 Å². The molecule has 4 nitrogen and oxygen atoms in total. The zero-order valence-electron chi connectivity index (χ0n) is 13.7. The molecule has 1 aromatic heterocycles. The van der Waals surface area contributed by atoms with Gasteiger partial charge in [-0.3, -0.25) is 4.79 Å². The summed E-state index contributed by atoms with van der Waals surface area (Å²) < 4.78 is 6.21. The molecule has 0 bridgehead atoms. The maximum absolute atomic E-state index is 12.5. The van der Waals surface area contributed by atoms with Gasteiger partial charge in [0, 0.05) is 23.8 Å². The summed E-state index contributed by atoms with van der Waals surface area (Å²) in [5, 5.41) is 3.21. The molecule has 2 atom stereocenters. The van der Waals surface area contributed by atoms with E-state index < -0.39 is 0 Å². The number of ether oxygens (including phenoxy) is 1. The van der Waals surface area contributed by atoms with Crippen LogP contribution in [0, 0.1) is 16.8 Å². The fraction of sp³-hybridized carbons (Fsp3) is 0.444. The van der Waals surface area contributed by atoms with Gasteiger partial charge in [-0.15, -0.1) is 11.3 Å². The third-order valence-corrected chi connectivity index (χ3v) is 5.71. The number of H-pyrrole nitrogens is 1. The normalized spacial score (nSPS) is 18.5. The maximum Gasteiger partial charge on any atom is 0.225 e. The Balaban J connectivity index is 1.69. The molecule has 6 heteroatoms. The molecule has 24 heavy (non-hydrogen) atoms. The van der Waals surface area contributed by atoms with Crippen molar-refractivity contribution in [1.82, 2.24) is 10.3 Å². The molecule has 0 saturated carbocycles. The number of rotatable bonds is 6. The molecule has 2 aromatic rings. The predicted octanol–water partition coefficient (Wildman–Crippen LogP) is 3.94. The Morgan fingerprint density at radius 1 is 1.46 bits per heavy atom. The average molecular weight is 363 g/mol. The number of nitrogens with one attached hydrogen (secondary N) is 2. The number of carbonyl (C=O) groups is 1. The zero-order chi connectivity index (χ0) is 16.9. The third kappa shape index (κ3) is 4.53. The van der Waals surface area contributed by atoms with E-state index in [9.17, 15) is 4.79 Å². The van der Waals surface area contributed by atoms with Gasteiger partial charge in [-0.1, -0.05) is 30.3 Å². The van der Waals surface area contributed by atoms with Crippen molar-refractivity contribution in [2.75, 3.05) is 13.2 Å². The minimum Gasteiger partial charge on any atom is -0.381 e. The van der Waals surface area contributed by atoms with Gasteiger partial charge in [0.25, 0.3) is 0 Å². The number of aromatic nitrogens is 1. The average Bonchev–Trinajstić information content (AvgIpc) is 3.17. The Bertz CT molecular complexity index is 733. The largest absolute Gasteiger partial charge is 0.381 e. The SMILES string of the molecule is Cc1[nH]c(=S)sc1CC(=O)N[C@H](C[C@H]1CCOC1)c1ccccc1. The number of benzene rings is 1. The fourth-order valence-electron chi connectivity index (χ4n) is 3.06. The minimum atomic E-state index is 0.0256. The number of hydrogen-bond acceptors (Lipinski definition) is 4. The van der Waals surface area contributed by atoms with E-state index in [2.05, 4.69) is 22.4 Å². The van der Waals surface area contributed by atoms with E-state index in [0.717, 1.165) is 46.1 Å². The Morgan fingerprint density at radius 3 is 2.88 bits per heavy atom. The standard InChI is InChI=1S/C18H22N2O2S2/c1-12-16(24-18(23)19-12)10-17(21)20-15(9-13-7-8-22-11-13)14-5-3-2-4-6-14/h2-6,13,15H,7-11H2,1H3,(H,19,23)(H,20,21)/t13-,15-/m1/s1. The highest BCUT2D eigenvalue weighted by Gasteiger charge is 2.23. The van der Waals surface area contributed by atoms with Gasteiger partial charge in [-0.25, -0.2) is 0 Å². The van der Waals surface area contributed by atoms with Crippen LogP contribution in [0.2, 0.25) is 0 Å². The Hall–Kier alpha value is -1.50. The van der Waals surface area contributed by atoms with Crippen molar-refractivity contribution in [1.29, 1.82) is 0 Å². The lowest BCUT2D eigenvalue weighted by molar-refractivity contribution is -0.121. The van der Waals surface area contributed by atoms with Crippen molar-refractivity contribution in [3.05, 3.63) is 50.4 Å². The lowest BCUT2D eigenvalue weighted by Gasteiger charge is -2.22. The molecule has 1 aromatic carbocycles. The smallest absolute Gasteiger partial charge is 0.225 e. The molecule has 1 aliphatic rings. The van der Waals surface area contributed by atoms with Crippen LogP contribution in [-0.2, 0) is 16.0 Å². The monoisotopic (exact) mass is 362 g/mol. The summed E-state index contributed by atoms with van der Waals surface area (Å²) in [5.41, 5.74) is 2.14. The second kappa shape index (κ2) is 8.05. The Kier molecular flexibility index (Phi) is 5.81. The van der Waals surface area contributed by atoms with Crippen molar-refractivity contribution in [2.45, 2.75) is 32.2 Å². The molecule has 3 rings (SSSR count). The highest BCUT2D eigenvalue weighted by Crippen LogP contribution is 2.27. The quantitative estimate of drug-likeness (QED) is 0.765. The van der Waals surface area contributed by atoms with E-state index in [1.165, 1.54) is 11.3 Å². The van der Waals surface area contributed by atoms with Crippen LogP contribution < -0.4 is 5.32 Å². The van der Waals surface area contributed by atoms with E-state index >= 15 is 0 Å². The van der Waals surface area contributed by atoms with E-state index in [1.54, 1.807) is 0 Å². The molecule has 2 heterocycles. The third-order valence-electron chi connectivity index (χ3n) is 4.38. The van der Waals surface area contributed by atoms with Gasteiger partial charge in [0.2, 0.25) is 5.91 Å². The van der Waals surface area contributed by atoms with Gasteiger partial charge in [0.1, 0.15) is 0 Å². The zero-order valence-corrected chi connectivity index (χ0v) is 15.3. The lowest BCUT2D eigenvalue weighted by atomic mass is 9.94. The summed E-state index contributed by atoms with van der Waals surface area (Å²) in [4.78, 5) is 16.6. The molecule has 128 valence electrons. The maximum atomic E-state index is 12.5. The molecule has 1 amide bonds. The van der Waals surface area contributed by atoms with E-state index in [4.69, 9.17) is 17.0 Å². The van der Waals surface area contributed by atoms with Gasteiger partial charge in [-0.05, 0) is 43.5 Å². The number of aryl methyl sites for hydroxylation is 1. The van der Waals surface area contributed by atoms with Crippen LogP contribution in [0.3, 0.4) is 0 Å². The molecular formula is C18H22N2O2S2. The molecule has 1 saturated heterocycles. The van der Waals surface area contributed by atoms with Crippen LogP contribution in [0.15, 0.2) is 30.3 Å². The number of thiazole rings is 1. The lowest BCUT2D eigenvalue weighted by Crippen LogP contribution is -2.31. The topological polar surface area (TPSA) is 54.1 Å². The second-order valence-electron chi connectivity index (χ2n) is 6.24. The first-order valence-corrected chi connectivity index (χ1v) is 9.45. The molecule has 2 N–H and O–H groups in total. The van der Waals surface area contributed by atoms with Crippen molar-refractivity contribution >= 4 is 29.5 Å². The van der Waals surface area contributed by atoms with Crippen molar-refractivity contribution in [3.8, 4) is 0 Å². The van der Waals surface area contributed by atoms with Gasteiger partial charge in [0.15, 0.2) is 3.95 Å². The number of amides is 1. The number of aromatic amines is 1. The Morgan fingerprint density at radius 2 is 2.25 bits per heavy atom. The van der Waals surface area contributed by atoms with Crippen LogP contribution in [0.25, 0.3) is 0 Å². The minimum absolute atomic E-state index is 0.0256. The van der Waals surface area contributed by atoms with Crippen LogP contribution in [0.1, 0.15) is 35.0 Å². The van der Waals surface area contributed by atoms with Gasteiger partial charge in [0.05, 0.1) is 12.5 Å². The van der Waals surface area contributed by atoms with Gasteiger partial charge in [-0.2, -0.15) is 0 Å². The van der Waals surface area contributed by atoms with Crippen molar-refractivity contribution in [2.24, 2.45) is 5.92 Å². The van der Waals surface area contributed by atoms with Gasteiger partial charge < -0.3 is 15.0 Å². The summed E-state index contributed by atoms with van der Waals surface area (Å²) >= 11 is 6.63. The first kappa shape index (κ1) is 17.3. The van der Waals surface area contributed by atoms with E-state index in [0.29, 0.717) is 12.3 Å². The summed E-state index contributed by atoms with van der Waals surface area (Å²) in [6, 6.07) is 10.2. The highest BCUT2D eigenvalue weighted by atomic mass is 32.1. The molecule has 0 unspecified atom stereocenters. The fourth-order valence-corrected chi connectivity index (χ4v) is 4.35. The van der Waals surface area contributed by atoms with Crippen LogP contribution in [-0.4, -0.2) is 24.1 Å². The highest BCUT2D eigenvalue weighted by molar-refractivity contribution is 7.73. The van der Waals surface area contributed by atoms with Crippen molar-refractivity contribution < 1.29 is 9.53 Å². The Labute approximate surface area is 151 Å². The molecule has 0 spiro atoms. The first-order valence-electron chi connectivity index (χ1n) is 8.22. The predicted molar refractivity (Wildman–Crippen MR) is 98.8 cm³/mol.